The molecule has 0 amide bonds. The highest BCUT2D eigenvalue weighted by molar-refractivity contribution is 7.99. The van der Waals surface area contributed by atoms with E-state index in [1.54, 1.807) is 11.9 Å². The molecule has 1 aliphatic rings. The van der Waals surface area contributed by atoms with Crippen LogP contribution in [0.5, 0.6) is 0 Å². The van der Waals surface area contributed by atoms with E-state index >= 15 is 0 Å². The second-order valence-corrected chi connectivity index (χ2v) is 7.82. The summed E-state index contributed by atoms with van der Waals surface area (Å²) in [6.45, 7) is 7.98. The summed E-state index contributed by atoms with van der Waals surface area (Å²) in [5, 5.41) is 7.72. The molecular weight excluding hydrogens is 354 g/mol. The highest BCUT2D eigenvalue weighted by atomic mass is 32.2. The molecule has 3 aromatic rings. The Labute approximate surface area is 164 Å². The topological polar surface area (TPSA) is 53.9 Å². The van der Waals surface area contributed by atoms with E-state index in [1.807, 2.05) is 42.3 Å². The third-order valence-corrected chi connectivity index (χ3v) is 5.76. The van der Waals surface area contributed by atoms with Gasteiger partial charge in [-0.3, -0.25) is 9.97 Å². The van der Waals surface area contributed by atoms with Gasteiger partial charge in [-0.05, 0) is 48.9 Å². The molecule has 5 nitrogen and oxygen atoms in total. The molecule has 0 saturated carbocycles. The molecule has 1 N–H and O–H groups in total. The number of nitrogens with one attached hydrogen (secondary N) is 1. The zero-order chi connectivity index (χ0) is 18.6. The Kier molecular flexibility index (Phi) is 5.36. The third-order valence-electron chi connectivity index (χ3n) is 4.95. The number of piperidine rings is 1. The van der Waals surface area contributed by atoms with Gasteiger partial charge in [0.1, 0.15) is 5.82 Å². The molecule has 0 spiro atoms. The molecule has 27 heavy (non-hydrogen) atoms. The largest absolute Gasteiger partial charge is 0.367 e. The van der Waals surface area contributed by atoms with Crippen LogP contribution in [-0.4, -0.2) is 38.4 Å². The number of hydrogen-bond donors (Lipinski definition) is 1. The van der Waals surface area contributed by atoms with Crippen LogP contribution >= 0.6 is 11.9 Å². The summed E-state index contributed by atoms with van der Waals surface area (Å²) in [6.07, 6.45) is 9.68. The van der Waals surface area contributed by atoms with Crippen LogP contribution < -0.4 is 5.32 Å². The lowest BCUT2D eigenvalue weighted by molar-refractivity contribution is 0.359. The summed E-state index contributed by atoms with van der Waals surface area (Å²) in [5.74, 6) is 0.915. The number of nitrogens with zero attached hydrogens (tertiary/aromatic N) is 4. The maximum absolute atomic E-state index is 4.65. The van der Waals surface area contributed by atoms with E-state index in [0.717, 1.165) is 59.3 Å². The van der Waals surface area contributed by atoms with Gasteiger partial charge in [-0.25, -0.2) is 9.29 Å². The zero-order valence-electron chi connectivity index (χ0n) is 15.4. The monoisotopic (exact) mass is 377 g/mol. The standard InChI is InChI=1S/C21H23N5S/c1-3-27-26-10-6-17(7-11-26)25-20-12-19-16(14-24-20)4-9-23-21(19)18-5-8-22-13-15(18)2/h3-5,8-9,12-14,17H,1,6-7,10-11H2,2H3,(H,24,25). The van der Waals surface area contributed by atoms with Crippen LogP contribution in [0.1, 0.15) is 18.4 Å². The summed E-state index contributed by atoms with van der Waals surface area (Å²) in [6, 6.07) is 6.61. The van der Waals surface area contributed by atoms with Crippen molar-refractivity contribution >= 4 is 28.5 Å². The Morgan fingerprint density at radius 3 is 2.81 bits per heavy atom. The fourth-order valence-electron chi connectivity index (χ4n) is 3.52. The van der Waals surface area contributed by atoms with E-state index in [-0.39, 0.29) is 0 Å². The summed E-state index contributed by atoms with van der Waals surface area (Å²) >= 11 is 1.70. The maximum Gasteiger partial charge on any atom is 0.126 e. The van der Waals surface area contributed by atoms with Crippen molar-refractivity contribution < 1.29 is 0 Å². The summed E-state index contributed by atoms with van der Waals surface area (Å²) < 4.78 is 2.35. The van der Waals surface area contributed by atoms with Crippen molar-refractivity contribution in [3.8, 4) is 11.3 Å². The molecule has 3 aromatic heterocycles. The minimum Gasteiger partial charge on any atom is -0.367 e. The van der Waals surface area contributed by atoms with Gasteiger partial charge in [-0.15, -0.1) is 0 Å². The maximum atomic E-state index is 4.65. The fraction of sp³-hybridized carbons (Fsp3) is 0.286. The van der Waals surface area contributed by atoms with Gasteiger partial charge in [0.2, 0.25) is 0 Å². The van der Waals surface area contributed by atoms with Crippen LogP contribution in [0, 0.1) is 6.92 Å². The second kappa shape index (κ2) is 8.06. The van der Waals surface area contributed by atoms with Gasteiger partial charge >= 0.3 is 0 Å². The van der Waals surface area contributed by atoms with Gasteiger partial charge in [0.05, 0.1) is 5.69 Å². The van der Waals surface area contributed by atoms with E-state index in [1.165, 1.54) is 0 Å². The van der Waals surface area contributed by atoms with Gasteiger partial charge in [0, 0.05) is 60.3 Å². The van der Waals surface area contributed by atoms with Crippen molar-refractivity contribution in [3.63, 3.8) is 0 Å². The Hall–Kier alpha value is -2.44. The van der Waals surface area contributed by atoms with Crippen molar-refractivity contribution in [2.75, 3.05) is 18.4 Å². The molecule has 1 aliphatic heterocycles. The number of fused-ring (bicyclic) bond motifs is 1. The fourth-order valence-corrected chi connectivity index (χ4v) is 4.15. The SMILES string of the molecule is C=CSN1CCC(Nc2cc3c(-c4ccncc4C)nccc3cn2)CC1. The first kappa shape index (κ1) is 17.9. The Morgan fingerprint density at radius 1 is 1.19 bits per heavy atom. The lowest BCUT2D eigenvalue weighted by Gasteiger charge is -2.30. The molecule has 0 aromatic carbocycles. The van der Waals surface area contributed by atoms with Crippen molar-refractivity contribution in [2.45, 2.75) is 25.8 Å². The number of hydrogen-bond acceptors (Lipinski definition) is 6. The molecule has 0 unspecified atom stereocenters. The average Bonchev–Trinajstić information content (AvgIpc) is 2.70. The normalized spacial score (nSPS) is 15.7. The molecule has 138 valence electrons. The van der Waals surface area contributed by atoms with E-state index in [0.29, 0.717) is 6.04 Å². The van der Waals surface area contributed by atoms with E-state index in [2.05, 4.69) is 44.1 Å². The lowest BCUT2D eigenvalue weighted by Crippen LogP contribution is -2.35. The second-order valence-electron chi connectivity index (χ2n) is 6.76. The molecule has 6 heteroatoms. The van der Waals surface area contributed by atoms with Crippen LogP contribution in [-0.2, 0) is 0 Å². The Morgan fingerprint density at radius 2 is 2.04 bits per heavy atom. The molecule has 4 heterocycles. The zero-order valence-corrected chi connectivity index (χ0v) is 16.2. The molecule has 1 saturated heterocycles. The molecule has 0 atom stereocenters. The van der Waals surface area contributed by atoms with Crippen molar-refractivity contribution in [2.24, 2.45) is 0 Å². The van der Waals surface area contributed by atoms with Gasteiger partial charge in [0.25, 0.3) is 0 Å². The van der Waals surface area contributed by atoms with Gasteiger partial charge in [-0.2, -0.15) is 0 Å². The molecule has 4 rings (SSSR count). The first-order valence-corrected chi connectivity index (χ1v) is 10.0. The van der Waals surface area contributed by atoms with Crippen LogP contribution in [0.4, 0.5) is 5.82 Å². The van der Waals surface area contributed by atoms with Crippen molar-refractivity contribution in [1.29, 1.82) is 0 Å². The van der Waals surface area contributed by atoms with Crippen molar-refractivity contribution in [1.82, 2.24) is 19.3 Å². The van der Waals surface area contributed by atoms with Crippen LogP contribution in [0.3, 0.4) is 0 Å². The van der Waals surface area contributed by atoms with Gasteiger partial charge in [0.15, 0.2) is 0 Å². The number of aryl methyl sites for hydroxylation is 1. The molecule has 0 bridgehead atoms. The lowest BCUT2D eigenvalue weighted by atomic mass is 10.0. The Bertz CT molecular complexity index is 950. The van der Waals surface area contributed by atoms with Crippen LogP contribution in [0.2, 0.25) is 0 Å². The van der Waals surface area contributed by atoms with E-state index in [4.69, 9.17) is 0 Å². The van der Waals surface area contributed by atoms with Crippen LogP contribution in [0.25, 0.3) is 22.0 Å². The summed E-state index contributed by atoms with van der Waals surface area (Å²) in [4.78, 5) is 13.5. The Balaban J connectivity index is 1.60. The molecule has 0 aliphatic carbocycles. The summed E-state index contributed by atoms with van der Waals surface area (Å²) in [5.41, 5.74) is 3.22. The minimum absolute atomic E-state index is 0.444. The average molecular weight is 378 g/mol. The third kappa shape index (κ3) is 3.96. The number of anilines is 1. The molecular formula is C21H23N5S. The number of aromatic nitrogens is 3. The number of rotatable bonds is 5. The van der Waals surface area contributed by atoms with Gasteiger partial charge < -0.3 is 5.32 Å². The first-order chi connectivity index (χ1) is 13.2. The molecule has 1 fully saturated rings. The predicted octanol–water partition coefficient (Wildman–Crippen LogP) is 4.67. The summed E-state index contributed by atoms with van der Waals surface area (Å²) in [7, 11) is 0. The van der Waals surface area contributed by atoms with E-state index < -0.39 is 0 Å². The number of pyridine rings is 3. The highest BCUT2D eigenvalue weighted by Gasteiger charge is 2.19. The van der Waals surface area contributed by atoms with E-state index in [9.17, 15) is 0 Å². The predicted molar refractivity (Wildman–Crippen MR) is 114 cm³/mol. The first-order valence-electron chi connectivity index (χ1n) is 9.19. The van der Waals surface area contributed by atoms with Crippen molar-refractivity contribution in [3.05, 3.63) is 60.5 Å². The van der Waals surface area contributed by atoms with Gasteiger partial charge in [-0.1, -0.05) is 18.5 Å². The smallest absolute Gasteiger partial charge is 0.126 e. The minimum atomic E-state index is 0.444. The van der Waals surface area contributed by atoms with Crippen LogP contribution in [0.15, 0.2) is 55.0 Å². The quantitative estimate of drug-likeness (QED) is 0.652. The molecule has 0 radical (unpaired) electrons. The highest BCUT2D eigenvalue weighted by Crippen LogP contribution is 2.30.